The number of carbonyl (C=O) groups excluding carboxylic acids is 1. The van der Waals surface area contributed by atoms with E-state index in [9.17, 15) is 4.79 Å². The molecule has 0 unspecified atom stereocenters. The Bertz CT molecular complexity index is 667. The molecule has 0 saturated carbocycles. The Hall–Kier alpha value is -2.49. The number of hydrogen-bond acceptors (Lipinski definition) is 3. The SMILES string of the molecule is Cc1cccc(NC(=O)CCc2cccc3c2OCO3)c1. The van der Waals surface area contributed by atoms with Crippen molar-refractivity contribution in [1.82, 2.24) is 0 Å². The van der Waals surface area contributed by atoms with Gasteiger partial charge < -0.3 is 14.8 Å². The third-order valence-electron chi connectivity index (χ3n) is 3.40. The number of hydrogen-bond donors (Lipinski definition) is 1. The molecule has 1 heterocycles. The molecule has 0 saturated heterocycles. The van der Waals surface area contributed by atoms with Gasteiger partial charge in [-0.1, -0.05) is 24.3 Å². The summed E-state index contributed by atoms with van der Waals surface area (Å²) < 4.78 is 10.8. The Balaban J connectivity index is 1.60. The van der Waals surface area contributed by atoms with Gasteiger partial charge in [-0.3, -0.25) is 4.79 Å². The van der Waals surface area contributed by atoms with Gasteiger partial charge in [-0.2, -0.15) is 0 Å². The van der Waals surface area contributed by atoms with Crippen LogP contribution >= 0.6 is 0 Å². The van der Waals surface area contributed by atoms with E-state index in [2.05, 4.69) is 5.32 Å². The smallest absolute Gasteiger partial charge is 0.231 e. The third kappa shape index (κ3) is 3.16. The number of ether oxygens (including phenoxy) is 2. The highest BCUT2D eigenvalue weighted by atomic mass is 16.7. The van der Waals surface area contributed by atoms with E-state index in [0.717, 1.165) is 28.3 Å². The summed E-state index contributed by atoms with van der Waals surface area (Å²) >= 11 is 0. The van der Waals surface area contributed by atoms with E-state index >= 15 is 0 Å². The Labute approximate surface area is 123 Å². The van der Waals surface area contributed by atoms with Crippen LogP contribution in [-0.2, 0) is 11.2 Å². The molecule has 0 aliphatic carbocycles. The van der Waals surface area contributed by atoms with Gasteiger partial charge in [0.25, 0.3) is 0 Å². The standard InChI is InChI=1S/C17H17NO3/c1-12-4-2-6-14(10-12)18-16(19)9-8-13-5-3-7-15-17(13)21-11-20-15/h2-7,10H,8-9,11H2,1H3,(H,18,19). The Morgan fingerprint density at radius 2 is 2.05 bits per heavy atom. The second-order valence-electron chi connectivity index (χ2n) is 5.07. The van der Waals surface area contributed by atoms with Crippen molar-refractivity contribution < 1.29 is 14.3 Å². The molecule has 108 valence electrons. The Morgan fingerprint density at radius 1 is 1.19 bits per heavy atom. The fourth-order valence-electron chi connectivity index (χ4n) is 2.38. The van der Waals surface area contributed by atoms with Crippen molar-refractivity contribution >= 4 is 11.6 Å². The zero-order valence-corrected chi connectivity index (χ0v) is 11.9. The van der Waals surface area contributed by atoms with Crippen molar-refractivity contribution in [2.24, 2.45) is 0 Å². The maximum atomic E-state index is 12.0. The van der Waals surface area contributed by atoms with E-state index in [-0.39, 0.29) is 12.7 Å². The molecule has 0 fully saturated rings. The van der Waals surface area contributed by atoms with Crippen LogP contribution in [0.2, 0.25) is 0 Å². The molecule has 1 aliphatic rings. The van der Waals surface area contributed by atoms with Crippen LogP contribution in [0.5, 0.6) is 11.5 Å². The first-order valence-corrected chi connectivity index (χ1v) is 6.96. The topological polar surface area (TPSA) is 47.6 Å². The van der Waals surface area contributed by atoms with Crippen LogP contribution in [0.4, 0.5) is 5.69 Å². The number of anilines is 1. The average molecular weight is 283 g/mol. The molecule has 4 heteroatoms. The van der Waals surface area contributed by atoms with E-state index in [1.807, 2.05) is 49.4 Å². The normalized spacial score (nSPS) is 12.2. The molecule has 3 rings (SSSR count). The number of nitrogens with one attached hydrogen (secondary N) is 1. The molecule has 1 amide bonds. The zero-order valence-electron chi connectivity index (χ0n) is 11.9. The van der Waals surface area contributed by atoms with E-state index in [1.165, 1.54) is 0 Å². The minimum atomic E-state index is -0.00267. The number of aryl methyl sites for hydroxylation is 2. The predicted molar refractivity (Wildman–Crippen MR) is 80.7 cm³/mol. The number of fused-ring (bicyclic) bond motifs is 1. The minimum absolute atomic E-state index is 0.00267. The highest BCUT2D eigenvalue weighted by molar-refractivity contribution is 5.90. The first kappa shape index (κ1) is 13.5. The van der Waals surface area contributed by atoms with E-state index < -0.39 is 0 Å². The van der Waals surface area contributed by atoms with Crippen LogP contribution in [0.1, 0.15) is 17.5 Å². The van der Waals surface area contributed by atoms with Gasteiger partial charge in [0.05, 0.1) is 0 Å². The Morgan fingerprint density at radius 3 is 2.90 bits per heavy atom. The van der Waals surface area contributed by atoms with Gasteiger partial charge in [0.15, 0.2) is 11.5 Å². The molecule has 1 N–H and O–H groups in total. The molecule has 0 spiro atoms. The molecule has 21 heavy (non-hydrogen) atoms. The summed E-state index contributed by atoms with van der Waals surface area (Å²) in [5.74, 6) is 1.52. The first-order chi connectivity index (χ1) is 10.2. The largest absolute Gasteiger partial charge is 0.454 e. The van der Waals surface area contributed by atoms with Crippen molar-refractivity contribution in [3.63, 3.8) is 0 Å². The zero-order chi connectivity index (χ0) is 14.7. The molecule has 0 aromatic heterocycles. The Kier molecular flexibility index (Phi) is 3.77. The first-order valence-electron chi connectivity index (χ1n) is 6.96. The van der Waals surface area contributed by atoms with Crippen LogP contribution in [0.15, 0.2) is 42.5 Å². The molecule has 4 nitrogen and oxygen atoms in total. The lowest BCUT2D eigenvalue weighted by atomic mass is 10.1. The lowest BCUT2D eigenvalue weighted by molar-refractivity contribution is -0.116. The van der Waals surface area contributed by atoms with Gasteiger partial charge in [-0.15, -0.1) is 0 Å². The van der Waals surface area contributed by atoms with Crippen LogP contribution < -0.4 is 14.8 Å². The monoisotopic (exact) mass is 283 g/mol. The summed E-state index contributed by atoms with van der Waals surface area (Å²) in [6, 6.07) is 13.5. The van der Waals surface area contributed by atoms with Crippen LogP contribution in [-0.4, -0.2) is 12.7 Å². The molecule has 1 aliphatic heterocycles. The van der Waals surface area contributed by atoms with E-state index in [4.69, 9.17) is 9.47 Å². The van der Waals surface area contributed by atoms with Crippen molar-refractivity contribution in [1.29, 1.82) is 0 Å². The summed E-state index contributed by atoms with van der Waals surface area (Å²) in [4.78, 5) is 12.0. The lowest BCUT2D eigenvalue weighted by Crippen LogP contribution is -2.12. The molecular weight excluding hydrogens is 266 g/mol. The summed E-state index contributed by atoms with van der Waals surface area (Å²) in [5, 5.41) is 2.91. The van der Waals surface area contributed by atoms with Gasteiger partial charge in [-0.05, 0) is 42.7 Å². The van der Waals surface area contributed by atoms with Gasteiger partial charge in [0.1, 0.15) is 0 Å². The number of rotatable bonds is 4. The number of carbonyl (C=O) groups is 1. The third-order valence-corrected chi connectivity index (χ3v) is 3.40. The molecule has 0 atom stereocenters. The fraction of sp³-hybridized carbons (Fsp3) is 0.235. The van der Waals surface area contributed by atoms with Crippen molar-refractivity contribution in [3.8, 4) is 11.5 Å². The van der Waals surface area contributed by atoms with E-state index in [1.54, 1.807) is 0 Å². The highest BCUT2D eigenvalue weighted by Gasteiger charge is 2.17. The summed E-state index contributed by atoms with van der Waals surface area (Å²) in [6.07, 6.45) is 1.04. The fourth-order valence-corrected chi connectivity index (χ4v) is 2.38. The molecule has 0 radical (unpaired) electrons. The molecule has 2 aromatic rings. The number of benzene rings is 2. The van der Waals surface area contributed by atoms with Crippen molar-refractivity contribution in [2.45, 2.75) is 19.8 Å². The van der Waals surface area contributed by atoms with Gasteiger partial charge in [-0.25, -0.2) is 0 Å². The van der Waals surface area contributed by atoms with Gasteiger partial charge >= 0.3 is 0 Å². The number of para-hydroxylation sites is 1. The second-order valence-corrected chi connectivity index (χ2v) is 5.07. The van der Waals surface area contributed by atoms with Crippen molar-refractivity contribution in [2.75, 3.05) is 12.1 Å². The lowest BCUT2D eigenvalue weighted by Gasteiger charge is -2.07. The predicted octanol–water partition coefficient (Wildman–Crippen LogP) is 3.30. The summed E-state index contributed by atoms with van der Waals surface area (Å²) in [6.45, 7) is 2.25. The maximum Gasteiger partial charge on any atom is 0.231 e. The van der Waals surface area contributed by atoms with E-state index in [0.29, 0.717) is 12.8 Å². The van der Waals surface area contributed by atoms with Crippen LogP contribution in [0, 0.1) is 6.92 Å². The van der Waals surface area contributed by atoms with Crippen LogP contribution in [0.3, 0.4) is 0 Å². The van der Waals surface area contributed by atoms with Gasteiger partial charge in [0, 0.05) is 12.1 Å². The maximum absolute atomic E-state index is 12.0. The van der Waals surface area contributed by atoms with Gasteiger partial charge in [0.2, 0.25) is 12.7 Å². The summed E-state index contributed by atoms with van der Waals surface area (Å²) in [5.41, 5.74) is 2.96. The molecule has 0 bridgehead atoms. The highest BCUT2D eigenvalue weighted by Crippen LogP contribution is 2.35. The minimum Gasteiger partial charge on any atom is -0.454 e. The average Bonchev–Trinajstić information content (AvgIpc) is 2.94. The quantitative estimate of drug-likeness (QED) is 0.936. The molecule has 2 aromatic carbocycles. The van der Waals surface area contributed by atoms with Crippen LogP contribution in [0.25, 0.3) is 0 Å². The summed E-state index contributed by atoms with van der Waals surface area (Å²) in [7, 11) is 0. The van der Waals surface area contributed by atoms with Crippen molar-refractivity contribution in [3.05, 3.63) is 53.6 Å². The molecular formula is C17H17NO3. The second kappa shape index (κ2) is 5.87. The number of amides is 1.